The van der Waals surface area contributed by atoms with Crippen molar-refractivity contribution in [2.24, 2.45) is 0 Å². The first-order valence-corrected chi connectivity index (χ1v) is 16.7. The van der Waals surface area contributed by atoms with E-state index in [1.807, 2.05) is 0 Å². The molecule has 0 aliphatic rings. The maximum absolute atomic E-state index is 7.13. The minimum absolute atomic E-state index is 0.0102. The fourth-order valence-corrected chi connectivity index (χ4v) is 8.97. The van der Waals surface area contributed by atoms with Gasteiger partial charge in [-0.15, -0.1) is 0 Å². The van der Waals surface area contributed by atoms with E-state index in [9.17, 15) is 0 Å². The number of halogens is 2. The zero-order valence-corrected chi connectivity index (χ0v) is 27.2. The van der Waals surface area contributed by atoms with Gasteiger partial charge in [-0.25, -0.2) is 0 Å². The second-order valence-corrected chi connectivity index (χ2v) is 13.6. The Kier molecular flexibility index (Phi) is 7.46. The maximum atomic E-state index is 7.13. The number of fused-ring (bicyclic) bond motifs is 7. The van der Waals surface area contributed by atoms with Gasteiger partial charge in [0.25, 0.3) is 0 Å². The van der Waals surface area contributed by atoms with Crippen molar-refractivity contribution in [3.63, 3.8) is 0 Å². The lowest BCUT2D eigenvalue weighted by molar-refractivity contribution is 0.557. The third-order valence-electron chi connectivity index (χ3n) is 8.05. The molecule has 0 radical (unpaired) electrons. The molecule has 0 amide bonds. The van der Waals surface area contributed by atoms with Gasteiger partial charge >= 0.3 is 8.16 Å². The Morgan fingerprint density at radius 3 is 1.36 bits per heavy atom. The van der Waals surface area contributed by atoms with Crippen LogP contribution in [0.25, 0.3) is 43.5 Å². The summed E-state index contributed by atoms with van der Waals surface area (Å²) in [6.45, 7) is 4.48. The number of nitrogens with zero attached hydrogens (tertiary/aromatic N) is 1. The average molecular weight is 697 g/mol. The van der Waals surface area contributed by atoms with Gasteiger partial charge in [0, 0.05) is 22.9 Å². The second-order valence-electron chi connectivity index (χ2n) is 10.5. The summed E-state index contributed by atoms with van der Waals surface area (Å²) in [7, 11) is -1.63. The molecule has 0 fully saturated rings. The minimum Gasteiger partial charge on any atom is -0.407 e. The summed E-state index contributed by atoms with van der Waals surface area (Å²) < 4.78 is 18.5. The number of benzene rings is 6. The molecule has 0 N–H and O–H groups in total. The molecule has 208 valence electrons. The van der Waals surface area contributed by atoms with Crippen molar-refractivity contribution in [3.05, 3.63) is 141 Å². The molecule has 0 saturated heterocycles. The highest BCUT2D eigenvalue weighted by Gasteiger charge is 2.30. The van der Waals surface area contributed by atoms with Crippen LogP contribution in [0, 0.1) is 0 Å². The Balaban J connectivity index is 1.65. The molecular formula is C36H28Br2NO2P. The Labute approximate surface area is 262 Å². The summed E-state index contributed by atoms with van der Waals surface area (Å²) in [5.74, 6) is 0. The third kappa shape index (κ3) is 4.79. The van der Waals surface area contributed by atoms with Crippen LogP contribution in [0.5, 0.6) is 0 Å². The molecule has 7 aromatic rings. The van der Waals surface area contributed by atoms with Gasteiger partial charge < -0.3 is 8.39 Å². The van der Waals surface area contributed by atoms with Gasteiger partial charge in [0.05, 0.1) is 8.95 Å². The van der Waals surface area contributed by atoms with Gasteiger partial charge in [0.15, 0.2) is 11.2 Å². The van der Waals surface area contributed by atoms with E-state index in [1.165, 1.54) is 11.1 Å². The van der Waals surface area contributed by atoms with E-state index in [-0.39, 0.29) is 12.1 Å². The number of hydrogen-bond donors (Lipinski definition) is 0. The molecule has 0 aliphatic heterocycles. The summed E-state index contributed by atoms with van der Waals surface area (Å²) in [5.41, 5.74) is 4.00. The van der Waals surface area contributed by atoms with Crippen LogP contribution < -0.4 is 4.67 Å². The molecular weight excluding hydrogens is 669 g/mol. The van der Waals surface area contributed by atoms with Gasteiger partial charge in [0.2, 0.25) is 0 Å². The molecule has 42 heavy (non-hydrogen) atoms. The lowest BCUT2D eigenvalue weighted by Crippen LogP contribution is -2.27. The second kappa shape index (κ2) is 11.4. The molecule has 2 atom stereocenters. The highest BCUT2D eigenvalue weighted by molar-refractivity contribution is 9.11. The Bertz CT molecular complexity index is 1960. The van der Waals surface area contributed by atoms with E-state index < -0.39 is 8.16 Å². The van der Waals surface area contributed by atoms with Gasteiger partial charge in [-0.3, -0.25) is 0 Å². The third-order valence-corrected chi connectivity index (χ3v) is 11.0. The Morgan fingerprint density at radius 2 is 0.929 bits per heavy atom. The highest BCUT2D eigenvalue weighted by Crippen LogP contribution is 2.50. The van der Waals surface area contributed by atoms with Crippen LogP contribution in [0.15, 0.2) is 139 Å². The first-order valence-electron chi connectivity index (χ1n) is 14.0. The largest absolute Gasteiger partial charge is 0.407 e. The van der Waals surface area contributed by atoms with Crippen molar-refractivity contribution >= 4 is 83.5 Å². The molecule has 0 saturated carbocycles. The summed E-state index contributed by atoms with van der Waals surface area (Å²) in [6, 6.07) is 42.5. The van der Waals surface area contributed by atoms with E-state index in [0.717, 1.165) is 52.4 Å². The standard InChI is InChI=1S/C36H28Br2NO2P/c1-23(25-13-5-3-6-14-25)39(24(2)26-15-7-4-8-16-26)42-40-35-31(37)21-27-17-9-11-19-29(27)33(35)34-30-20-12-10-18-28(30)22-32(38)36(34)41-42/h3-24H,1-2H3/t23-,24-/m1/s1. The van der Waals surface area contributed by atoms with Gasteiger partial charge in [-0.05, 0) is 90.5 Å². The topological polar surface area (TPSA) is 29.5 Å². The van der Waals surface area contributed by atoms with E-state index in [2.05, 4.69) is 172 Å². The van der Waals surface area contributed by atoms with Crippen molar-refractivity contribution in [2.45, 2.75) is 25.9 Å². The monoisotopic (exact) mass is 695 g/mol. The van der Waals surface area contributed by atoms with Crippen molar-refractivity contribution < 1.29 is 8.39 Å². The summed E-state index contributed by atoms with van der Waals surface area (Å²) >= 11 is 7.82. The molecule has 6 aromatic carbocycles. The summed E-state index contributed by atoms with van der Waals surface area (Å²) in [4.78, 5) is 0. The molecule has 1 aromatic heterocycles. The first-order chi connectivity index (χ1) is 20.5. The van der Waals surface area contributed by atoms with Crippen molar-refractivity contribution in [2.75, 3.05) is 4.67 Å². The zero-order chi connectivity index (χ0) is 28.8. The average Bonchev–Trinajstić information content (AvgIpc) is 3.21. The van der Waals surface area contributed by atoms with Crippen molar-refractivity contribution in [3.8, 4) is 0 Å². The van der Waals surface area contributed by atoms with E-state index in [1.54, 1.807) is 0 Å². The number of rotatable bonds is 5. The van der Waals surface area contributed by atoms with Crippen LogP contribution >= 0.6 is 40.0 Å². The Hall–Kier alpha value is -3.34. The fourth-order valence-electron chi connectivity index (χ4n) is 5.92. The first kappa shape index (κ1) is 27.5. The molecule has 6 heteroatoms. The summed E-state index contributed by atoms with van der Waals surface area (Å²) in [6.07, 6.45) is 0. The quantitative estimate of drug-likeness (QED) is 0.179. The maximum Gasteiger partial charge on any atom is 0.310 e. The SMILES string of the molecule is C[C@H](c1ccccc1)N([C@H](C)c1ccccc1)p1oc2c(Br)cc3ccccc3c2c2c(o1)c(Br)cc1ccccc12. The van der Waals surface area contributed by atoms with Crippen LogP contribution in [0.3, 0.4) is 0 Å². The fraction of sp³-hybridized carbons (Fsp3) is 0.111. The van der Waals surface area contributed by atoms with Gasteiger partial charge in [-0.1, -0.05) is 109 Å². The molecule has 3 nitrogen and oxygen atoms in total. The van der Waals surface area contributed by atoms with Gasteiger partial charge in [-0.2, -0.15) is 4.67 Å². The number of hydrogen-bond acceptors (Lipinski definition) is 3. The van der Waals surface area contributed by atoms with Crippen LogP contribution in [0.2, 0.25) is 0 Å². The van der Waals surface area contributed by atoms with Crippen molar-refractivity contribution in [1.29, 1.82) is 0 Å². The van der Waals surface area contributed by atoms with Crippen LogP contribution in [-0.2, 0) is 0 Å². The van der Waals surface area contributed by atoms with E-state index in [0.29, 0.717) is 0 Å². The minimum atomic E-state index is -1.63. The Morgan fingerprint density at radius 1 is 0.548 bits per heavy atom. The van der Waals surface area contributed by atoms with Gasteiger partial charge in [0.1, 0.15) is 0 Å². The lowest BCUT2D eigenvalue weighted by Gasteiger charge is -2.31. The highest BCUT2D eigenvalue weighted by atomic mass is 79.9. The zero-order valence-electron chi connectivity index (χ0n) is 23.2. The van der Waals surface area contributed by atoms with Crippen LogP contribution in [-0.4, -0.2) is 0 Å². The predicted molar refractivity (Wildman–Crippen MR) is 185 cm³/mol. The van der Waals surface area contributed by atoms with Crippen molar-refractivity contribution in [1.82, 2.24) is 0 Å². The predicted octanol–water partition coefficient (Wildman–Crippen LogP) is 12.6. The van der Waals surface area contributed by atoms with E-state index in [4.69, 9.17) is 8.39 Å². The molecule has 1 heterocycles. The summed E-state index contributed by atoms with van der Waals surface area (Å²) in [5, 5.41) is 6.60. The molecule has 0 unspecified atom stereocenters. The normalized spacial score (nSPS) is 13.3. The molecule has 0 aliphatic carbocycles. The van der Waals surface area contributed by atoms with Crippen LogP contribution in [0.4, 0.5) is 0 Å². The molecule has 0 bridgehead atoms. The smallest absolute Gasteiger partial charge is 0.310 e. The molecule has 0 spiro atoms. The molecule has 7 rings (SSSR count). The lowest BCUT2D eigenvalue weighted by atomic mass is 9.99. The van der Waals surface area contributed by atoms with Crippen LogP contribution in [0.1, 0.15) is 37.1 Å². The van der Waals surface area contributed by atoms with E-state index >= 15 is 0 Å².